The quantitative estimate of drug-likeness (QED) is 0.0735. The number of likely N-dealkylation sites (tertiary alicyclic amines) is 1. The molecule has 0 aliphatic carbocycles. The number of β-amino-alcohol motifs (C(OH)–C–C–N with tert-alkyl or cyclic N) is 1. The van der Waals surface area contributed by atoms with Crippen molar-refractivity contribution in [2.75, 3.05) is 13.1 Å². The van der Waals surface area contributed by atoms with E-state index >= 15 is 4.39 Å². The summed E-state index contributed by atoms with van der Waals surface area (Å²) in [6.07, 6.45) is -1.43. The molecule has 1 saturated heterocycles. The van der Waals surface area contributed by atoms with E-state index in [2.05, 4.69) is 45.0 Å². The minimum absolute atomic E-state index is 0.0250. The summed E-state index contributed by atoms with van der Waals surface area (Å²) < 4.78 is 23.1. The van der Waals surface area contributed by atoms with E-state index in [9.17, 15) is 24.3 Å². The molecular formula is C54H61ClFN9O6S2. The van der Waals surface area contributed by atoms with Gasteiger partial charge in [-0.15, -0.1) is 32.9 Å². The number of carbonyl (C=O) groups is 4. The molecule has 2 aliphatic rings. The lowest BCUT2D eigenvalue weighted by molar-refractivity contribution is -0.144. The Morgan fingerprint density at radius 3 is 2.34 bits per heavy atom. The van der Waals surface area contributed by atoms with Gasteiger partial charge in [0.15, 0.2) is 5.82 Å². The highest BCUT2D eigenvalue weighted by Crippen LogP contribution is 2.40. The zero-order valence-electron chi connectivity index (χ0n) is 42.4. The number of fused-ring (bicyclic) bond motifs is 3. The van der Waals surface area contributed by atoms with Crippen molar-refractivity contribution in [1.29, 1.82) is 0 Å². The minimum Gasteiger partial charge on any atom is -0.489 e. The Kier molecular flexibility index (Phi) is 16.0. The third-order valence-electron chi connectivity index (χ3n) is 13.3. The molecule has 0 radical (unpaired) electrons. The number of hydrogen-bond donors (Lipinski definition) is 4. The standard InChI is InChI=1S/C54H61ClFN9O6S2/c1-28(25-57-45(68)24-42-50-63-62-33(6)65(50)53-46(29(2)32(5)73-53)47(60-42)36-15-17-38(55)18-16-36)71-41-21-34(20-39(56)22-41)10-19-44(67)61-49(54(7,8)9)52(70)64-26-40(66)23-43(64)51(69)59-30(3)35-11-13-37(14-12-35)48-31(4)58-27-72-48/h11-18,20-22,27-28,30,40,42-43,49,66H,10,19,23-26H2,1-9H3,(H,57,68)(H,59,69)(H,61,67)/t28-,30+,40-,42+,43+,49-/m1/s1. The molecule has 0 bridgehead atoms. The smallest absolute Gasteiger partial charge is 0.246 e. The van der Waals surface area contributed by atoms with E-state index in [0.29, 0.717) is 22.2 Å². The lowest BCUT2D eigenvalue weighted by atomic mass is 9.85. The fraction of sp³-hybridized carbons (Fsp3) is 0.407. The van der Waals surface area contributed by atoms with Crippen LogP contribution in [0.25, 0.3) is 15.4 Å². The Balaban J connectivity index is 0.862. The van der Waals surface area contributed by atoms with Crippen molar-refractivity contribution < 1.29 is 33.4 Å². The van der Waals surface area contributed by atoms with Crippen molar-refractivity contribution in [3.05, 3.63) is 133 Å². The average Bonchev–Trinajstić information content (AvgIpc) is 4.11. The van der Waals surface area contributed by atoms with Crippen LogP contribution in [-0.2, 0) is 25.6 Å². The van der Waals surface area contributed by atoms with E-state index in [4.69, 9.17) is 21.3 Å². The number of halogens is 2. The monoisotopic (exact) mass is 1050 g/mol. The predicted octanol–water partition coefficient (Wildman–Crippen LogP) is 8.65. The summed E-state index contributed by atoms with van der Waals surface area (Å²) >= 11 is 9.45. The Labute approximate surface area is 437 Å². The zero-order valence-corrected chi connectivity index (χ0v) is 44.8. The van der Waals surface area contributed by atoms with Gasteiger partial charge in [0, 0.05) is 46.5 Å². The number of carbonyl (C=O) groups excluding carboxylic acids is 4. The number of benzene rings is 3. The van der Waals surface area contributed by atoms with Gasteiger partial charge in [-0.2, -0.15) is 0 Å². The van der Waals surface area contributed by atoms with Gasteiger partial charge in [0.2, 0.25) is 23.6 Å². The number of aliphatic hydroxyl groups excluding tert-OH is 1. The maximum absolute atomic E-state index is 15.1. The Bertz CT molecular complexity index is 3060. The van der Waals surface area contributed by atoms with Gasteiger partial charge in [0.05, 0.1) is 46.9 Å². The molecule has 1 fully saturated rings. The molecule has 5 heterocycles. The number of amides is 4. The van der Waals surface area contributed by atoms with Gasteiger partial charge in [0.25, 0.3) is 0 Å². The highest BCUT2D eigenvalue weighted by molar-refractivity contribution is 7.15. The van der Waals surface area contributed by atoms with Gasteiger partial charge in [-0.1, -0.05) is 68.8 Å². The van der Waals surface area contributed by atoms with Crippen molar-refractivity contribution in [3.8, 4) is 21.2 Å². The van der Waals surface area contributed by atoms with Crippen LogP contribution in [0, 0.1) is 38.9 Å². The molecule has 4 N–H and O–H groups in total. The van der Waals surface area contributed by atoms with Crippen molar-refractivity contribution in [2.24, 2.45) is 10.4 Å². The summed E-state index contributed by atoms with van der Waals surface area (Å²) in [6, 6.07) is 16.5. The number of rotatable bonds is 16. The molecule has 4 amide bonds. The molecule has 3 aromatic heterocycles. The van der Waals surface area contributed by atoms with E-state index in [1.54, 1.807) is 41.2 Å². The number of nitrogens with zero attached hydrogens (tertiary/aromatic N) is 6. The van der Waals surface area contributed by atoms with Gasteiger partial charge in [-0.25, -0.2) is 9.37 Å². The van der Waals surface area contributed by atoms with Crippen LogP contribution in [0.2, 0.25) is 5.02 Å². The molecule has 19 heteroatoms. The summed E-state index contributed by atoms with van der Waals surface area (Å²) in [6.45, 7) is 17.1. The van der Waals surface area contributed by atoms with Gasteiger partial charge in [-0.3, -0.25) is 28.7 Å². The normalized spacial score (nSPS) is 17.7. The second-order valence-electron chi connectivity index (χ2n) is 20.0. The molecule has 6 atom stereocenters. The van der Waals surface area contributed by atoms with Crippen LogP contribution in [0.5, 0.6) is 5.75 Å². The third-order valence-corrected chi connectivity index (χ3v) is 15.7. The predicted molar refractivity (Wildman–Crippen MR) is 282 cm³/mol. The van der Waals surface area contributed by atoms with Crippen LogP contribution >= 0.6 is 34.3 Å². The lowest BCUT2D eigenvalue weighted by Gasteiger charge is -2.35. The van der Waals surface area contributed by atoms with Gasteiger partial charge in [-0.05, 0) is 99.9 Å². The van der Waals surface area contributed by atoms with Crippen molar-refractivity contribution >= 4 is 63.6 Å². The minimum atomic E-state index is -1.03. The van der Waals surface area contributed by atoms with E-state index in [1.807, 2.05) is 94.6 Å². The number of ether oxygens (including phenoxy) is 1. The number of aryl methyl sites for hydroxylation is 4. The molecule has 0 spiro atoms. The first-order valence-electron chi connectivity index (χ1n) is 24.3. The Morgan fingerprint density at radius 1 is 0.945 bits per heavy atom. The molecule has 6 aromatic rings. The fourth-order valence-corrected chi connectivity index (χ4v) is 11.4. The molecule has 384 valence electrons. The van der Waals surface area contributed by atoms with Gasteiger partial charge in [0.1, 0.15) is 46.6 Å². The molecule has 8 rings (SSSR count). The number of aromatic nitrogens is 4. The molecule has 15 nitrogen and oxygen atoms in total. The third kappa shape index (κ3) is 12.0. The number of nitrogens with one attached hydrogen (secondary N) is 3. The molecule has 73 heavy (non-hydrogen) atoms. The number of thiazole rings is 1. The second kappa shape index (κ2) is 22.0. The van der Waals surface area contributed by atoms with Crippen LogP contribution in [0.15, 0.2) is 77.2 Å². The van der Waals surface area contributed by atoms with E-state index in [0.717, 1.165) is 54.0 Å². The first kappa shape index (κ1) is 53.0. The number of hydrogen-bond acceptors (Lipinski definition) is 12. The van der Waals surface area contributed by atoms with Crippen LogP contribution in [0.1, 0.15) is 116 Å². The van der Waals surface area contributed by atoms with Gasteiger partial charge < -0.3 is 30.7 Å². The fourth-order valence-electron chi connectivity index (χ4n) is 9.25. The molecule has 3 aromatic carbocycles. The average molecular weight is 1050 g/mol. The maximum Gasteiger partial charge on any atom is 0.246 e. The highest BCUT2D eigenvalue weighted by Gasteiger charge is 2.45. The molecule has 0 unspecified atom stereocenters. The largest absolute Gasteiger partial charge is 0.489 e. The molecule has 2 aliphatic heterocycles. The first-order valence-corrected chi connectivity index (χ1v) is 26.4. The Hall–Kier alpha value is -6.34. The SMILES string of the molecule is Cc1ncsc1-c1ccc([C@H](C)NC(=O)[C@@H]2C[C@@H](O)CN2C(=O)[C@@H](NC(=O)CCc2cc(F)cc(O[C@H](C)CNC(=O)C[C@@H]3N=C(c4ccc(Cl)cc4)c4c(sc(C)c4C)-n4c(C)nnc43)c2)C(C)(C)C)cc1. The topological polar surface area (TPSA) is 193 Å². The second-order valence-corrected chi connectivity index (χ2v) is 22.5. The summed E-state index contributed by atoms with van der Waals surface area (Å²) in [4.78, 5) is 68.4. The summed E-state index contributed by atoms with van der Waals surface area (Å²) in [5, 5.41) is 30.0. The highest BCUT2D eigenvalue weighted by atomic mass is 35.5. The summed E-state index contributed by atoms with van der Waals surface area (Å²) in [5.74, 6) is -0.749. The summed E-state index contributed by atoms with van der Waals surface area (Å²) in [5.41, 5.74) is 8.01. The molecule has 0 saturated carbocycles. The van der Waals surface area contributed by atoms with E-state index in [1.165, 1.54) is 17.0 Å². The number of aliphatic imine (C=N–C) groups is 1. The molecular weight excluding hydrogens is 989 g/mol. The lowest BCUT2D eigenvalue weighted by Crippen LogP contribution is -2.57. The van der Waals surface area contributed by atoms with Gasteiger partial charge >= 0.3 is 0 Å². The van der Waals surface area contributed by atoms with Crippen LogP contribution in [0.4, 0.5) is 4.39 Å². The van der Waals surface area contributed by atoms with Crippen molar-refractivity contribution in [2.45, 2.75) is 124 Å². The van der Waals surface area contributed by atoms with Crippen molar-refractivity contribution in [3.63, 3.8) is 0 Å². The Morgan fingerprint density at radius 2 is 1.66 bits per heavy atom. The van der Waals surface area contributed by atoms with E-state index < -0.39 is 59.3 Å². The number of aliphatic hydroxyl groups is 1. The van der Waals surface area contributed by atoms with Crippen LogP contribution in [-0.4, -0.2) is 96.5 Å². The van der Waals surface area contributed by atoms with E-state index in [-0.39, 0.29) is 56.5 Å². The zero-order chi connectivity index (χ0) is 52.5. The van der Waals surface area contributed by atoms with Crippen LogP contribution in [0.3, 0.4) is 0 Å². The maximum atomic E-state index is 15.1. The number of thiophene rings is 1. The summed E-state index contributed by atoms with van der Waals surface area (Å²) in [7, 11) is 0. The first-order chi connectivity index (χ1) is 34.6. The van der Waals surface area contributed by atoms with Crippen molar-refractivity contribution in [1.82, 2.24) is 40.6 Å². The van der Waals surface area contributed by atoms with Crippen LogP contribution < -0.4 is 20.7 Å².